The number of alkyl halides is 1. The van der Waals surface area contributed by atoms with Crippen molar-refractivity contribution < 1.29 is 4.39 Å². The molecule has 0 saturated carbocycles. The monoisotopic (exact) mass is 220 g/mol. The van der Waals surface area contributed by atoms with Crippen molar-refractivity contribution in [2.75, 3.05) is 18.5 Å². The highest BCUT2D eigenvalue weighted by atomic mass is 19.1. The summed E-state index contributed by atoms with van der Waals surface area (Å²) in [5.41, 5.74) is 1.13. The molecule has 5 heteroatoms. The van der Waals surface area contributed by atoms with Crippen LogP contribution in [0.1, 0.15) is 5.56 Å². The number of aromatic nitrogens is 3. The molecule has 0 saturated heterocycles. The maximum Gasteiger partial charge on any atom is 0.148 e. The van der Waals surface area contributed by atoms with Gasteiger partial charge in [-0.2, -0.15) is 5.10 Å². The molecular weight excluding hydrogens is 207 g/mol. The van der Waals surface area contributed by atoms with E-state index in [1.807, 2.05) is 24.4 Å². The lowest BCUT2D eigenvalue weighted by Crippen LogP contribution is -2.05. The molecule has 0 aliphatic heterocycles. The van der Waals surface area contributed by atoms with Gasteiger partial charge in [-0.3, -0.25) is 9.67 Å². The van der Waals surface area contributed by atoms with Crippen LogP contribution in [0, 0.1) is 0 Å². The van der Waals surface area contributed by atoms with Crippen molar-refractivity contribution in [2.24, 2.45) is 0 Å². The smallest absolute Gasteiger partial charge is 0.148 e. The number of hydrogen-bond donors (Lipinski definition) is 1. The van der Waals surface area contributed by atoms with E-state index in [1.165, 1.54) is 0 Å². The number of hydrogen-bond acceptors (Lipinski definition) is 3. The second-order valence-corrected chi connectivity index (χ2v) is 3.37. The van der Waals surface area contributed by atoms with Gasteiger partial charge in [0.1, 0.15) is 12.5 Å². The Hall–Kier alpha value is -1.91. The molecule has 0 spiro atoms. The lowest BCUT2D eigenvalue weighted by Gasteiger charge is -2.01. The van der Waals surface area contributed by atoms with Crippen molar-refractivity contribution in [3.63, 3.8) is 0 Å². The zero-order chi connectivity index (χ0) is 11.2. The molecule has 0 bridgehead atoms. The Labute approximate surface area is 93.1 Å². The third-order valence-corrected chi connectivity index (χ3v) is 2.14. The predicted octanol–water partition coefficient (Wildman–Crippen LogP) is 1.71. The van der Waals surface area contributed by atoms with Crippen LogP contribution in [-0.2, 0) is 6.54 Å². The summed E-state index contributed by atoms with van der Waals surface area (Å²) in [5, 5.41) is 7.14. The highest BCUT2D eigenvalue weighted by molar-refractivity contribution is 5.32. The van der Waals surface area contributed by atoms with Crippen LogP contribution < -0.4 is 5.32 Å². The third-order valence-electron chi connectivity index (χ3n) is 2.14. The summed E-state index contributed by atoms with van der Waals surface area (Å²) in [7, 11) is 0. The molecule has 0 aliphatic carbocycles. The molecule has 0 aromatic carbocycles. The van der Waals surface area contributed by atoms with Crippen LogP contribution in [-0.4, -0.2) is 28.0 Å². The fourth-order valence-electron chi connectivity index (χ4n) is 1.39. The molecule has 0 radical (unpaired) electrons. The van der Waals surface area contributed by atoms with Crippen LogP contribution in [0.3, 0.4) is 0 Å². The van der Waals surface area contributed by atoms with Gasteiger partial charge in [0.2, 0.25) is 0 Å². The van der Waals surface area contributed by atoms with E-state index in [2.05, 4.69) is 15.4 Å². The van der Waals surface area contributed by atoms with E-state index in [-0.39, 0.29) is 0 Å². The van der Waals surface area contributed by atoms with Crippen molar-refractivity contribution in [3.8, 4) is 0 Å². The summed E-state index contributed by atoms with van der Waals surface area (Å²) in [4.78, 5) is 3.95. The molecule has 0 atom stereocenters. The van der Waals surface area contributed by atoms with Crippen molar-refractivity contribution in [1.29, 1.82) is 0 Å². The van der Waals surface area contributed by atoms with E-state index < -0.39 is 6.67 Å². The van der Waals surface area contributed by atoms with Gasteiger partial charge in [0.05, 0.1) is 6.54 Å². The van der Waals surface area contributed by atoms with Gasteiger partial charge in [-0.05, 0) is 17.7 Å². The van der Waals surface area contributed by atoms with Crippen LogP contribution in [0.4, 0.5) is 10.2 Å². The fourth-order valence-corrected chi connectivity index (χ4v) is 1.39. The van der Waals surface area contributed by atoms with E-state index in [9.17, 15) is 4.39 Å². The molecule has 0 amide bonds. The minimum Gasteiger partial charge on any atom is -0.366 e. The second kappa shape index (κ2) is 5.25. The summed E-state index contributed by atoms with van der Waals surface area (Å²) >= 11 is 0. The zero-order valence-electron chi connectivity index (χ0n) is 8.81. The molecule has 1 N–H and O–H groups in total. The lowest BCUT2D eigenvalue weighted by molar-refractivity contribution is 0.512. The highest BCUT2D eigenvalue weighted by Crippen LogP contribution is 2.05. The van der Waals surface area contributed by atoms with Crippen LogP contribution >= 0.6 is 0 Å². The number of halogens is 1. The molecule has 0 fully saturated rings. The average molecular weight is 220 g/mol. The fraction of sp³-hybridized carbons (Fsp3) is 0.273. The van der Waals surface area contributed by atoms with Crippen molar-refractivity contribution in [2.45, 2.75) is 6.54 Å². The van der Waals surface area contributed by atoms with Gasteiger partial charge in [0.15, 0.2) is 0 Å². The summed E-state index contributed by atoms with van der Waals surface area (Å²) in [6.45, 7) is 0.601. The number of nitrogens with one attached hydrogen (secondary N) is 1. The van der Waals surface area contributed by atoms with Gasteiger partial charge in [-0.1, -0.05) is 0 Å². The van der Waals surface area contributed by atoms with Crippen molar-refractivity contribution in [3.05, 3.63) is 42.4 Å². The number of nitrogens with zero attached hydrogens (tertiary/aromatic N) is 3. The molecule has 2 aromatic heterocycles. The first-order valence-electron chi connectivity index (χ1n) is 5.10. The molecule has 0 unspecified atom stereocenters. The van der Waals surface area contributed by atoms with Gasteiger partial charge < -0.3 is 5.32 Å². The normalized spacial score (nSPS) is 10.3. The minimum absolute atomic E-state index is 0.298. The van der Waals surface area contributed by atoms with E-state index in [0.29, 0.717) is 18.9 Å². The number of pyridine rings is 1. The summed E-state index contributed by atoms with van der Waals surface area (Å²) in [6.07, 6.45) is 5.36. The Morgan fingerprint density at radius 1 is 1.25 bits per heavy atom. The van der Waals surface area contributed by atoms with Crippen molar-refractivity contribution >= 4 is 5.82 Å². The van der Waals surface area contributed by atoms with Crippen LogP contribution in [0.15, 0.2) is 36.8 Å². The lowest BCUT2D eigenvalue weighted by atomic mass is 10.3. The van der Waals surface area contributed by atoms with Gasteiger partial charge in [0, 0.05) is 31.2 Å². The Bertz CT molecular complexity index is 427. The Morgan fingerprint density at radius 2 is 2.06 bits per heavy atom. The molecule has 2 aromatic rings. The highest BCUT2D eigenvalue weighted by Gasteiger charge is 1.98. The number of anilines is 1. The zero-order valence-corrected chi connectivity index (χ0v) is 8.81. The Balaban J connectivity index is 1.97. The topological polar surface area (TPSA) is 42.7 Å². The predicted molar refractivity (Wildman–Crippen MR) is 60.0 cm³/mol. The molecule has 2 heterocycles. The maximum absolute atomic E-state index is 11.9. The quantitative estimate of drug-likeness (QED) is 0.834. The first-order valence-corrected chi connectivity index (χ1v) is 5.10. The first kappa shape index (κ1) is 10.6. The Morgan fingerprint density at radius 3 is 2.81 bits per heavy atom. The van der Waals surface area contributed by atoms with E-state index >= 15 is 0 Å². The van der Waals surface area contributed by atoms with Gasteiger partial charge in [-0.25, -0.2) is 4.39 Å². The van der Waals surface area contributed by atoms with Gasteiger partial charge >= 0.3 is 0 Å². The maximum atomic E-state index is 11.9. The summed E-state index contributed by atoms with van der Waals surface area (Å²) in [6, 6.07) is 5.71. The van der Waals surface area contributed by atoms with Crippen LogP contribution in [0.25, 0.3) is 0 Å². The largest absolute Gasteiger partial charge is 0.366 e. The SMILES string of the molecule is FCCNc1ccn(Cc2ccncc2)n1. The van der Waals surface area contributed by atoms with E-state index in [4.69, 9.17) is 0 Å². The number of rotatable bonds is 5. The standard InChI is InChI=1S/C11H13FN4/c12-4-7-14-11-3-8-16(15-11)9-10-1-5-13-6-2-10/h1-3,5-6,8H,4,7,9H2,(H,14,15). The Kier molecular flexibility index (Phi) is 3.48. The van der Waals surface area contributed by atoms with E-state index in [0.717, 1.165) is 5.56 Å². The van der Waals surface area contributed by atoms with E-state index in [1.54, 1.807) is 17.1 Å². The molecular formula is C11H13FN4. The molecule has 2 rings (SSSR count). The van der Waals surface area contributed by atoms with Crippen LogP contribution in [0.5, 0.6) is 0 Å². The molecule has 0 aliphatic rings. The third kappa shape index (κ3) is 2.79. The van der Waals surface area contributed by atoms with Gasteiger partial charge in [0.25, 0.3) is 0 Å². The molecule has 4 nitrogen and oxygen atoms in total. The summed E-state index contributed by atoms with van der Waals surface area (Å²) in [5.74, 6) is 0.701. The van der Waals surface area contributed by atoms with Gasteiger partial charge in [-0.15, -0.1) is 0 Å². The second-order valence-electron chi connectivity index (χ2n) is 3.37. The first-order chi connectivity index (χ1) is 7.88. The van der Waals surface area contributed by atoms with Crippen LogP contribution in [0.2, 0.25) is 0 Å². The minimum atomic E-state index is -0.392. The van der Waals surface area contributed by atoms with Crippen molar-refractivity contribution in [1.82, 2.24) is 14.8 Å². The average Bonchev–Trinajstić information content (AvgIpc) is 2.75. The summed E-state index contributed by atoms with van der Waals surface area (Å²) < 4.78 is 13.7. The molecule has 16 heavy (non-hydrogen) atoms. The molecule has 84 valence electrons.